The fourth-order valence-corrected chi connectivity index (χ4v) is 6.52. The van der Waals surface area contributed by atoms with Crippen molar-refractivity contribution < 1.29 is 9.53 Å². The molecule has 0 radical (unpaired) electrons. The lowest BCUT2D eigenvalue weighted by Gasteiger charge is -2.36. The van der Waals surface area contributed by atoms with Gasteiger partial charge >= 0.3 is 0 Å². The molecule has 4 fully saturated rings. The minimum Gasteiger partial charge on any atom is -0.492 e. The monoisotopic (exact) mass is 397 g/mol. The normalized spacial score (nSPS) is 32.9. The molecule has 0 aromatic heterocycles. The Balaban J connectivity index is 1.25. The Kier molecular flexibility index (Phi) is 5.19. The van der Waals surface area contributed by atoms with Crippen LogP contribution < -0.4 is 15.0 Å². The molecule has 5 nitrogen and oxygen atoms in total. The van der Waals surface area contributed by atoms with Crippen LogP contribution in [-0.2, 0) is 4.79 Å². The third kappa shape index (κ3) is 3.52. The zero-order chi connectivity index (χ0) is 20.0. The number of carbonyl (C=O) groups is 1. The zero-order valence-electron chi connectivity index (χ0n) is 17.9. The van der Waals surface area contributed by atoms with E-state index in [-0.39, 0.29) is 11.8 Å². The van der Waals surface area contributed by atoms with Crippen molar-refractivity contribution >= 4 is 17.3 Å². The summed E-state index contributed by atoms with van der Waals surface area (Å²) < 4.78 is 5.93. The molecule has 1 aromatic rings. The van der Waals surface area contributed by atoms with Crippen LogP contribution in [0.3, 0.4) is 0 Å². The second-order valence-electron chi connectivity index (χ2n) is 9.45. The van der Waals surface area contributed by atoms with Gasteiger partial charge in [-0.25, -0.2) is 0 Å². The summed E-state index contributed by atoms with van der Waals surface area (Å²) in [6.07, 6.45) is 5.29. The number of nitrogens with one attached hydrogen (secondary N) is 1. The first kappa shape index (κ1) is 19.2. The molecule has 3 aliphatic carbocycles. The van der Waals surface area contributed by atoms with Crippen molar-refractivity contribution in [3.05, 3.63) is 18.2 Å². The van der Waals surface area contributed by atoms with Gasteiger partial charge < -0.3 is 15.0 Å². The Morgan fingerprint density at radius 3 is 2.48 bits per heavy atom. The van der Waals surface area contributed by atoms with E-state index in [1.54, 1.807) is 0 Å². The minimum absolute atomic E-state index is 0.221. The highest BCUT2D eigenvalue weighted by Crippen LogP contribution is 2.69. The van der Waals surface area contributed by atoms with Gasteiger partial charge in [0.15, 0.2) is 0 Å². The minimum atomic E-state index is 0.221. The van der Waals surface area contributed by atoms with E-state index in [0.717, 1.165) is 49.5 Å². The highest BCUT2D eigenvalue weighted by atomic mass is 16.5. The maximum absolute atomic E-state index is 13.0. The van der Waals surface area contributed by atoms with E-state index < -0.39 is 0 Å². The molecule has 1 saturated heterocycles. The summed E-state index contributed by atoms with van der Waals surface area (Å²) in [6, 6.07) is 6.31. The van der Waals surface area contributed by atoms with Gasteiger partial charge in [-0.05, 0) is 75.0 Å². The predicted octanol–water partition coefficient (Wildman–Crippen LogP) is 3.85. The lowest BCUT2D eigenvalue weighted by Crippen LogP contribution is -2.46. The van der Waals surface area contributed by atoms with Gasteiger partial charge in [0.25, 0.3) is 0 Å². The third-order valence-corrected chi connectivity index (χ3v) is 7.84. The van der Waals surface area contributed by atoms with Gasteiger partial charge in [-0.15, -0.1) is 0 Å². The molecule has 4 atom stereocenters. The number of piperazine rings is 1. The number of hydrogen-bond donors (Lipinski definition) is 1. The molecule has 4 aliphatic rings. The molecule has 1 heterocycles. The first-order valence-corrected chi connectivity index (χ1v) is 11.7. The molecular weight excluding hydrogens is 362 g/mol. The first-order chi connectivity index (χ1) is 14.2. The number of fused-ring (bicyclic) bond motifs is 5. The molecule has 1 N–H and O–H groups in total. The fraction of sp³-hybridized carbons (Fsp3) is 0.708. The van der Waals surface area contributed by atoms with Crippen LogP contribution >= 0.6 is 0 Å². The Morgan fingerprint density at radius 1 is 1.10 bits per heavy atom. The van der Waals surface area contributed by atoms with Crippen LogP contribution in [-0.4, -0.2) is 50.1 Å². The van der Waals surface area contributed by atoms with Gasteiger partial charge in [-0.2, -0.15) is 0 Å². The number of nitrogens with zero attached hydrogens (tertiary/aromatic N) is 2. The Hall–Kier alpha value is -1.75. The lowest BCUT2D eigenvalue weighted by atomic mass is 10.0. The van der Waals surface area contributed by atoms with Crippen LogP contribution in [0.5, 0.6) is 5.75 Å². The van der Waals surface area contributed by atoms with E-state index in [0.29, 0.717) is 18.4 Å². The highest BCUT2D eigenvalue weighted by Gasteiger charge is 2.67. The Morgan fingerprint density at radius 2 is 1.83 bits per heavy atom. The van der Waals surface area contributed by atoms with Gasteiger partial charge in [-0.3, -0.25) is 9.69 Å². The Labute approximate surface area is 174 Å². The van der Waals surface area contributed by atoms with E-state index in [1.807, 2.05) is 13.0 Å². The third-order valence-electron chi connectivity index (χ3n) is 7.84. The van der Waals surface area contributed by atoms with Crippen molar-refractivity contribution in [3.8, 4) is 5.75 Å². The molecular formula is C24H35N3O2. The van der Waals surface area contributed by atoms with Crippen LogP contribution in [0.2, 0.25) is 0 Å². The second kappa shape index (κ2) is 7.82. The summed E-state index contributed by atoms with van der Waals surface area (Å²) >= 11 is 0. The largest absolute Gasteiger partial charge is 0.492 e. The molecule has 1 amide bonds. The van der Waals surface area contributed by atoms with Crippen LogP contribution in [0.25, 0.3) is 0 Å². The van der Waals surface area contributed by atoms with Gasteiger partial charge in [0, 0.05) is 43.9 Å². The Bertz CT molecular complexity index is 742. The number of anilines is 2. The zero-order valence-corrected chi connectivity index (χ0v) is 17.9. The van der Waals surface area contributed by atoms with Gasteiger partial charge in [-0.1, -0.05) is 6.92 Å². The smallest absolute Gasteiger partial charge is 0.228 e. The van der Waals surface area contributed by atoms with Crippen molar-refractivity contribution in [2.75, 3.05) is 49.5 Å². The van der Waals surface area contributed by atoms with E-state index in [2.05, 4.69) is 34.2 Å². The van der Waals surface area contributed by atoms with Gasteiger partial charge in [0.1, 0.15) is 5.75 Å². The maximum atomic E-state index is 13.0. The maximum Gasteiger partial charge on any atom is 0.228 e. The van der Waals surface area contributed by atoms with Crippen molar-refractivity contribution in [1.82, 2.24) is 4.90 Å². The molecule has 3 saturated carbocycles. The molecule has 29 heavy (non-hydrogen) atoms. The van der Waals surface area contributed by atoms with E-state index in [9.17, 15) is 4.79 Å². The van der Waals surface area contributed by atoms with Crippen molar-refractivity contribution in [3.63, 3.8) is 0 Å². The molecule has 0 spiro atoms. The van der Waals surface area contributed by atoms with Gasteiger partial charge in [0.2, 0.25) is 5.91 Å². The average Bonchev–Trinajstić information content (AvgIpc) is 3.18. The number of benzene rings is 1. The van der Waals surface area contributed by atoms with Crippen molar-refractivity contribution in [1.29, 1.82) is 0 Å². The van der Waals surface area contributed by atoms with Gasteiger partial charge in [0.05, 0.1) is 12.3 Å². The first-order valence-electron chi connectivity index (χ1n) is 11.7. The fourth-order valence-electron chi connectivity index (χ4n) is 6.52. The average molecular weight is 398 g/mol. The topological polar surface area (TPSA) is 44.8 Å². The van der Waals surface area contributed by atoms with Crippen LogP contribution in [0.4, 0.5) is 11.4 Å². The summed E-state index contributed by atoms with van der Waals surface area (Å²) in [5.74, 6) is 4.26. The van der Waals surface area contributed by atoms with E-state index in [1.165, 1.54) is 37.9 Å². The number of hydrogen-bond acceptors (Lipinski definition) is 4. The molecule has 1 aliphatic heterocycles. The molecule has 158 valence electrons. The summed E-state index contributed by atoms with van der Waals surface area (Å²) in [6.45, 7) is 10.4. The quantitative estimate of drug-likeness (QED) is 0.759. The van der Waals surface area contributed by atoms with Crippen LogP contribution in [0.1, 0.15) is 39.5 Å². The molecule has 1 aromatic carbocycles. The van der Waals surface area contributed by atoms with E-state index in [4.69, 9.17) is 4.74 Å². The van der Waals surface area contributed by atoms with E-state index >= 15 is 0 Å². The standard InChI is InChI=1S/C24H35N3O2/c1-3-9-26-10-12-27(13-11-26)18-7-8-19(20(15-18)29-4-2)25-24(28)23-21-16-5-6-17(14-16)22(21)23/h7-8,15-17,21-23H,3-6,9-14H2,1-2H3,(H,25,28). The number of carbonyl (C=O) groups excluding carboxylic acids is 1. The van der Waals surface area contributed by atoms with Crippen LogP contribution in [0.15, 0.2) is 18.2 Å². The summed E-state index contributed by atoms with van der Waals surface area (Å²) in [5, 5.41) is 3.22. The molecule has 2 bridgehead atoms. The number of rotatable bonds is 7. The highest BCUT2D eigenvalue weighted by molar-refractivity contribution is 5.96. The van der Waals surface area contributed by atoms with Crippen molar-refractivity contribution in [2.24, 2.45) is 29.6 Å². The summed E-state index contributed by atoms with van der Waals surface area (Å²) in [5.41, 5.74) is 2.03. The second-order valence-corrected chi connectivity index (χ2v) is 9.45. The molecule has 4 unspecified atom stereocenters. The number of amides is 1. The lowest BCUT2D eigenvalue weighted by molar-refractivity contribution is -0.118. The summed E-state index contributed by atoms with van der Waals surface area (Å²) in [7, 11) is 0. The SMILES string of the molecule is CCCN1CCN(c2ccc(NC(=O)C3C4C5CCC(C5)C34)c(OCC)c2)CC1. The predicted molar refractivity (Wildman–Crippen MR) is 116 cm³/mol. The van der Waals surface area contributed by atoms with Crippen molar-refractivity contribution in [2.45, 2.75) is 39.5 Å². The van der Waals surface area contributed by atoms with Crippen LogP contribution in [0, 0.1) is 29.6 Å². The summed E-state index contributed by atoms with van der Waals surface area (Å²) in [4.78, 5) is 17.9. The number of ether oxygens (including phenoxy) is 1. The molecule has 5 rings (SSSR count). The molecule has 5 heteroatoms.